The molecule has 0 spiro atoms. The van der Waals surface area contributed by atoms with E-state index in [-0.39, 0.29) is 18.8 Å². The minimum absolute atomic E-state index is 0.0956. The molecule has 0 atom stereocenters. The first-order chi connectivity index (χ1) is 7.37. The summed E-state index contributed by atoms with van der Waals surface area (Å²) in [4.78, 5) is 11.1. The third kappa shape index (κ3) is 8.24. The molecule has 0 aromatic carbocycles. The first-order valence-electron chi connectivity index (χ1n) is 5.10. The first-order valence-corrected chi connectivity index (χ1v) is 6.92. The number of nitriles is 1. The molecule has 0 aliphatic rings. The Morgan fingerprint density at radius 1 is 1.44 bits per heavy atom. The van der Waals surface area contributed by atoms with Crippen LogP contribution < -0.4 is 0 Å². The molecule has 0 saturated heterocycles. The van der Waals surface area contributed by atoms with Gasteiger partial charge in [0.05, 0.1) is 18.4 Å². The van der Waals surface area contributed by atoms with E-state index >= 15 is 0 Å². The van der Waals surface area contributed by atoms with Crippen molar-refractivity contribution in [2.45, 2.75) is 26.7 Å². The van der Waals surface area contributed by atoms with Crippen molar-refractivity contribution in [1.82, 2.24) is 0 Å². The summed E-state index contributed by atoms with van der Waals surface area (Å²) < 4.78 is 27.3. The van der Waals surface area contributed by atoms with E-state index in [0.29, 0.717) is 12.3 Å². The first kappa shape index (κ1) is 14.9. The molecule has 16 heavy (non-hydrogen) atoms. The van der Waals surface area contributed by atoms with Crippen molar-refractivity contribution in [3.8, 4) is 6.07 Å². The lowest BCUT2D eigenvalue weighted by atomic mass is 10.1. The topological polar surface area (TPSA) is 84.2 Å². The molecule has 5 nitrogen and oxygen atoms in total. The second-order valence-corrected chi connectivity index (χ2v) is 6.09. The van der Waals surface area contributed by atoms with Gasteiger partial charge >= 0.3 is 5.97 Å². The van der Waals surface area contributed by atoms with E-state index in [1.807, 2.05) is 13.8 Å². The van der Waals surface area contributed by atoms with Gasteiger partial charge in [-0.15, -0.1) is 0 Å². The van der Waals surface area contributed by atoms with Crippen molar-refractivity contribution in [2.75, 3.05) is 18.1 Å². The Kier molecular flexibility index (Phi) is 6.74. The SMILES string of the molecule is CC(C)CCOC(=O)CS(=O)(=O)CCC#N. The fourth-order valence-electron chi connectivity index (χ4n) is 0.903. The van der Waals surface area contributed by atoms with E-state index in [1.165, 1.54) is 0 Å². The predicted octanol–water partition coefficient (Wildman–Crippen LogP) is 0.904. The Hall–Kier alpha value is -1.09. The Balaban J connectivity index is 3.91. The Labute approximate surface area is 96.3 Å². The highest BCUT2D eigenvalue weighted by molar-refractivity contribution is 7.92. The van der Waals surface area contributed by atoms with Crippen LogP contribution in [0, 0.1) is 17.2 Å². The van der Waals surface area contributed by atoms with Crippen molar-refractivity contribution in [3.05, 3.63) is 0 Å². The lowest BCUT2D eigenvalue weighted by molar-refractivity contribution is -0.140. The molecule has 0 radical (unpaired) electrons. The van der Waals surface area contributed by atoms with Gasteiger partial charge in [0.25, 0.3) is 0 Å². The van der Waals surface area contributed by atoms with Crippen LogP contribution in [0.1, 0.15) is 26.7 Å². The highest BCUT2D eigenvalue weighted by atomic mass is 32.2. The molecule has 0 heterocycles. The number of ether oxygens (including phenoxy) is 1. The molecule has 0 aliphatic heterocycles. The van der Waals surface area contributed by atoms with Gasteiger partial charge in [0, 0.05) is 6.42 Å². The Morgan fingerprint density at radius 2 is 2.06 bits per heavy atom. The summed E-state index contributed by atoms with van der Waals surface area (Å²) in [6, 6.07) is 1.72. The van der Waals surface area contributed by atoms with E-state index < -0.39 is 21.6 Å². The Bertz CT molecular complexity index is 354. The van der Waals surface area contributed by atoms with Crippen LogP contribution in [0.25, 0.3) is 0 Å². The highest BCUT2D eigenvalue weighted by Gasteiger charge is 2.17. The van der Waals surface area contributed by atoms with Gasteiger partial charge in [0.2, 0.25) is 0 Å². The predicted molar refractivity (Wildman–Crippen MR) is 59.3 cm³/mol. The van der Waals surface area contributed by atoms with Gasteiger partial charge in [0.1, 0.15) is 5.75 Å². The van der Waals surface area contributed by atoms with Gasteiger partial charge in [-0.25, -0.2) is 8.42 Å². The van der Waals surface area contributed by atoms with Crippen LogP contribution in [0.3, 0.4) is 0 Å². The summed E-state index contributed by atoms with van der Waals surface area (Å²) in [7, 11) is -3.49. The summed E-state index contributed by atoms with van der Waals surface area (Å²) in [6.07, 6.45) is 0.617. The summed E-state index contributed by atoms with van der Waals surface area (Å²) in [5, 5.41) is 8.24. The molecule has 0 aromatic rings. The molecule has 0 N–H and O–H groups in total. The van der Waals surface area contributed by atoms with Gasteiger partial charge in [-0.3, -0.25) is 4.79 Å². The molecule has 0 rings (SSSR count). The van der Waals surface area contributed by atoms with E-state index in [4.69, 9.17) is 10.00 Å². The summed E-state index contributed by atoms with van der Waals surface area (Å²) in [5.74, 6) is -1.25. The molecule has 92 valence electrons. The minimum Gasteiger partial charge on any atom is -0.465 e. The average Bonchev–Trinajstić information content (AvgIpc) is 2.13. The molecule has 0 aromatic heterocycles. The van der Waals surface area contributed by atoms with Crippen LogP contribution in [0.15, 0.2) is 0 Å². The van der Waals surface area contributed by atoms with Gasteiger partial charge in [-0.2, -0.15) is 5.26 Å². The largest absolute Gasteiger partial charge is 0.465 e. The maximum absolute atomic E-state index is 11.2. The second-order valence-electron chi connectivity index (χ2n) is 3.90. The minimum atomic E-state index is -3.49. The normalized spacial score (nSPS) is 11.1. The van der Waals surface area contributed by atoms with Gasteiger partial charge in [0.15, 0.2) is 9.84 Å². The summed E-state index contributed by atoms with van der Waals surface area (Å²) in [6.45, 7) is 4.21. The lowest BCUT2D eigenvalue weighted by Crippen LogP contribution is -2.21. The number of sulfone groups is 1. The van der Waals surface area contributed by atoms with Crippen LogP contribution in [0.2, 0.25) is 0 Å². The van der Waals surface area contributed by atoms with E-state index in [0.717, 1.165) is 0 Å². The van der Waals surface area contributed by atoms with E-state index in [2.05, 4.69) is 0 Å². The molecule has 0 unspecified atom stereocenters. The van der Waals surface area contributed by atoms with Gasteiger partial charge < -0.3 is 4.74 Å². The maximum atomic E-state index is 11.2. The summed E-state index contributed by atoms with van der Waals surface area (Å²) >= 11 is 0. The van der Waals surface area contributed by atoms with E-state index in [1.54, 1.807) is 6.07 Å². The number of carbonyl (C=O) groups is 1. The lowest BCUT2D eigenvalue weighted by Gasteiger charge is -2.06. The fourth-order valence-corrected chi connectivity index (χ4v) is 1.89. The number of nitrogens with zero attached hydrogens (tertiary/aromatic N) is 1. The molecule has 0 bridgehead atoms. The molecular weight excluding hydrogens is 230 g/mol. The number of carbonyl (C=O) groups excluding carboxylic acids is 1. The molecular formula is C10H17NO4S. The third-order valence-electron chi connectivity index (χ3n) is 1.82. The van der Waals surface area contributed by atoms with Crippen LogP contribution in [-0.2, 0) is 19.4 Å². The number of esters is 1. The summed E-state index contributed by atoms with van der Waals surface area (Å²) in [5.41, 5.74) is 0. The molecule has 0 saturated carbocycles. The molecule has 0 fully saturated rings. The van der Waals surface area contributed by atoms with Crippen LogP contribution in [0.4, 0.5) is 0 Å². The fraction of sp³-hybridized carbons (Fsp3) is 0.800. The van der Waals surface area contributed by atoms with Crippen molar-refractivity contribution < 1.29 is 17.9 Å². The Morgan fingerprint density at radius 3 is 2.56 bits per heavy atom. The quantitative estimate of drug-likeness (QED) is 0.624. The van der Waals surface area contributed by atoms with Crippen molar-refractivity contribution >= 4 is 15.8 Å². The zero-order valence-electron chi connectivity index (χ0n) is 9.60. The third-order valence-corrected chi connectivity index (χ3v) is 3.32. The smallest absolute Gasteiger partial charge is 0.321 e. The second kappa shape index (κ2) is 7.23. The zero-order valence-corrected chi connectivity index (χ0v) is 10.4. The zero-order chi connectivity index (χ0) is 12.6. The van der Waals surface area contributed by atoms with Crippen molar-refractivity contribution in [1.29, 1.82) is 5.26 Å². The number of hydrogen-bond acceptors (Lipinski definition) is 5. The maximum Gasteiger partial charge on any atom is 0.321 e. The van der Waals surface area contributed by atoms with Gasteiger partial charge in [-0.05, 0) is 12.3 Å². The van der Waals surface area contributed by atoms with Crippen LogP contribution in [0.5, 0.6) is 0 Å². The number of rotatable bonds is 7. The standard InChI is InChI=1S/C10H17NO4S/c1-9(2)4-6-15-10(12)8-16(13,14)7-3-5-11/h9H,3-4,6-8H2,1-2H3. The van der Waals surface area contributed by atoms with Crippen molar-refractivity contribution in [3.63, 3.8) is 0 Å². The molecule has 6 heteroatoms. The van der Waals surface area contributed by atoms with E-state index in [9.17, 15) is 13.2 Å². The van der Waals surface area contributed by atoms with Crippen molar-refractivity contribution in [2.24, 2.45) is 5.92 Å². The van der Waals surface area contributed by atoms with Crippen LogP contribution in [-0.4, -0.2) is 32.5 Å². The van der Waals surface area contributed by atoms with Gasteiger partial charge in [-0.1, -0.05) is 13.8 Å². The highest BCUT2D eigenvalue weighted by Crippen LogP contribution is 2.00. The molecule has 0 aliphatic carbocycles. The van der Waals surface area contributed by atoms with Crippen LogP contribution >= 0.6 is 0 Å². The average molecular weight is 247 g/mol. The molecule has 0 amide bonds. The number of hydrogen-bond donors (Lipinski definition) is 0. The monoisotopic (exact) mass is 247 g/mol.